The van der Waals surface area contributed by atoms with Crippen LogP contribution in [-0.2, 0) is 20.9 Å². The Kier molecular flexibility index (Phi) is 5.58. The third-order valence-electron chi connectivity index (χ3n) is 3.68. The molecule has 0 radical (unpaired) electrons. The van der Waals surface area contributed by atoms with Crippen molar-refractivity contribution in [1.82, 2.24) is 9.97 Å². The molecule has 3 aromatic heterocycles. The van der Waals surface area contributed by atoms with Crippen molar-refractivity contribution in [3.63, 3.8) is 0 Å². The highest BCUT2D eigenvalue weighted by molar-refractivity contribution is 8.00. The maximum absolute atomic E-state index is 12.0. The van der Waals surface area contributed by atoms with Crippen LogP contribution in [0.5, 0.6) is 0 Å². The molecule has 0 fully saturated rings. The molecule has 0 bridgehead atoms. The Labute approximate surface area is 157 Å². The molecule has 0 amide bonds. The zero-order valence-corrected chi connectivity index (χ0v) is 16.0. The van der Waals surface area contributed by atoms with Crippen molar-refractivity contribution in [2.45, 2.75) is 25.5 Å². The highest BCUT2D eigenvalue weighted by Gasteiger charge is 2.15. The van der Waals surface area contributed by atoms with Gasteiger partial charge in [0.1, 0.15) is 28.6 Å². The van der Waals surface area contributed by atoms with Crippen LogP contribution in [-0.4, -0.2) is 34.8 Å². The number of methoxy groups -OCH3 is 1. The summed E-state index contributed by atoms with van der Waals surface area (Å²) in [4.78, 5) is 34.0. The van der Waals surface area contributed by atoms with Gasteiger partial charge in [-0.3, -0.25) is 4.79 Å². The first-order valence-corrected chi connectivity index (χ1v) is 9.46. The first-order valence-electron chi connectivity index (χ1n) is 7.65. The van der Waals surface area contributed by atoms with Gasteiger partial charge in [-0.05, 0) is 31.5 Å². The maximum Gasteiger partial charge on any atom is 0.373 e. The van der Waals surface area contributed by atoms with E-state index in [1.165, 1.54) is 36.1 Å². The maximum atomic E-state index is 12.0. The molecule has 0 spiro atoms. The van der Waals surface area contributed by atoms with Crippen molar-refractivity contribution in [2.24, 2.45) is 0 Å². The standard InChI is InChI=1S/C17H16N2O5S2/c1-9-10(2)26-16-14(9)15(18-8-19-16)25-7-13(20)23-6-11-4-5-12(24-11)17(21)22-3/h4-5,8H,6-7H2,1-3H3. The number of carbonyl (C=O) groups is 2. The number of thioether (sulfide) groups is 1. The predicted molar refractivity (Wildman–Crippen MR) is 97.5 cm³/mol. The molecule has 0 N–H and O–H groups in total. The normalized spacial score (nSPS) is 10.9. The van der Waals surface area contributed by atoms with Gasteiger partial charge in [-0.2, -0.15) is 0 Å². The highest BCUT2D eigenvalue weighted by Crippen LogP contribution is 2.34. The molecule has 3 rings (SSSR count). The number of furan rings is 1. The monoisotopic (exact) mass is 392 g/mol. The second-order valence-corrected chi connectivity index (χ2v) is 7.52. The van der Waals surface area contributed by atoms with Crippen molar-refractivity contribution < 1.29 is 23.5 Å². The van der Waals surface area contributed by atoms with E-state index in [1.54, 1.807) is 17.4 Å². The van der Waals surface area contributed by atoms with Crippen LogP contribution in [0.15, 0.2) is 27.9 Å². The van der Waals surface area contributed by atoms with E-state index >= 15 is 0 Å². The molecule has 3 aromatic rings. The van der Waals surface area contributed by atoms with Gasteiger partial charge < -0.3 is 13.9 Å². The Morgan fingerprint density at radius 1 is 1.27 bits per heavy atom. The number of thiophene rings is 1. The number of esters is 2. The predicted octanol–water partition coefficient (Wildman–Crippen LogP) is 3.52. The lowest BCUT2D eigenvalue weighted by Crippen LogP contribution is -2.07. The number of nitrogens with zero attached hydrogens (tertiary/aromatic N) is 2. The Hall–Kier alpha value is -2.39. The number of ether oxygens (including phenoxy) is 2. The van der Waals surface area contributed by atoms with Gasteiger partial charge in [0, 0.05) is 10.3 Å². The molecule has 26 heavy (non-hydrogen) atoms. The summed E-state index contributed by atoms with van der Waals surface area (Å²) in [6, 6.07) is 3.04. The van der Waals surface area contributed by atoms with E-state index < -0.39 is 11.9 Å². The van der Waals surface area contributed by atoms with Gasteiger partial charge in [-0.25, -0.2) is 14.8 Å². The first kappa shape index (κ1) is 18.4. The summed E-state index contributed by atoms with van der Waals surface area (Å²) in [6.07, 6.45) is 1.50. The van der Waals surface area contributed by atoms with Crippen LogP contribution in [0.3, 0.4) is 0 Å². The molecule has 7 nitrogen and oxygen atoms in total. The van der Waals surface area contributed by atoms with Gasteiger partial charge in [0.25, 0.3) is 0 Å². The van der Waals surface area contributed by atoms with Crippen molar-refractivity contribution in [3.8, 4) is 0 Å². The van der Waals surface area contributed by atoms with Crippen LogP contribution in [0.1, 0.15) is 26.8 Å². The third-order valence-corrected chi connectivity index (χ3v) is 5.76. The smallest absolute Gasteiger partial charge is 0.373 e. The summed E-state index contributed by atoms with van der Waals surface area (Å²) in [6.45, 7) is 4.01. The topological polar surface area (TPSA) is 91.5 Å². The average molecular weight is 392 g/mol. The van der Waals surface area contributed by atoms with Crippen LogP contribution < -0.4 is 0 Å². The molecule has 0 aliphatic carbocycles. The molecule has 0 unspecified atom stereocenters. The van der Waals surface area contributed by atoms with Crippen molar-refractivity contribution in [2.75, 3.05) is 12.9 Å². The fraction of sp³-hybridized carbons (Fsp3) is 0.294. The largest absolute Gasteiger partial charge is 0.463 e. The lowest BCUT2D eigenvalue weighted by atomic mass is 10.2. The van der Waals surface area contributed by atoms with E-state index in [9.17, 15) is 9.59 Å². The molecule has 0 atom stereocenters. The van der Waals surface area contributed by atoms with E-state index in [0.717, 1.165) is 20.8 Å². The number of rotatable bonds is 6. The molecular weight excluding hydrogens is 376 g/mol. The Morgan fingerprint density at radius 2 is 2.08 bits per heavy atom. The van der Waals surface area contributed by atoms with E-state index in [4.69, 9.17) is 9.15 Å². The van der Waals surface area contributed by atoms with Crippen molar-refractivity contribution >= 4 is 45.3 Å². The second-order valence-electron chi connectivity index (χ2n) is 5.35. The van der Waals surface area contributed by atoms with Crippen LogP contribution in [0.4, 0.5) is 0 Å². The number of carbonyl (C=O) groups excluding carboxylic acids is 2. The first-order chi connectivity index (χ1) is 12.5. The zero-order chi connectivity index (χ0) is 18.7. The lowest BCUT2D eigenvalue weighted by molar-refractivity contribution is -0.142. The summed E-state index contributed by atoms with van der Waals surface area (Å²) in [5, 5.41) is 1.75. The van der Waals surface area contributed by atoms with E-state index in [2.05, 4.69) is 14.7 Å². The van der Waals surface area contributed by atoms with E-state index in [0.29, 0.717) is 5.76 Å². The van der Waals surface area contributed by atoms with E-state index in [-0.39, 0.29) is 18.1 Å². The molecule has 0 saturated carbocycles. The summed E-state index contributed by atoms with van der Waals surface area (Å²) < 4.78 is 15.0. The van der Waals surface area contributed by atoms with E-state index in [1.807, 2.05) is 13.8 Å². The average Bonchev–Trinajstić information content (AvgIpc) is 3.23. The van der Waals surface area contributed by atoms with Crippen LogP contribution >= 0.6 is 23.1 Å². The number of hydrogen-bond acceptors (Lipinski definition) is 9. The number of hydrogen-bond donors (Lipinski definition) is 0. The van der Waals surface area contributed by atoms with Crippen LogP contribution in [0.25, 0.3) is 10.2 Å². The highest BCUT2D eigenvalue weighted by atomic mass is 32.2. The quantitative estimate of drug-likeness (QED) is 0.357. The van der Waals surface area contributed by atoms with Crippen molar-refractivity contribution in [3.05, 3.63) is 40.4 Å². The second kappa shape index (κ2) is 7.88. The number of fused-ring (bicyclic) bond motifs is 1. The summed E-state index contributed by atoms with van der Waals surface area (Å²) >= 11 is 2.92. The molecule has 0 aliphatic rings. The van der Waals surface area contributed by atoms with Gasteiger partial charge >= 0.3 is 11.9 Å². The minimum Gasteiger partial charge on any atom is -0.463 e. The Morgan fingerprint density at radius 3 is 2.85 bits per heavy atom. The minimum atomic E-state index is -0.577. The van der Waals surface area contributed by atoms with Gasteiger partial charge in [-0.1, -0.05) is 11.8 Å². The SMILES string of the molecule is COC(=O)c1ccc(COC(=O)CSc2ncnc3sc(C)c(C)c23)o1. The fourth-order valence-electron chi connectivity index (χ4n) is 2.25. The number of aryl methyl sites for hydroxylation is 2. The molecule has 0 saturated heterocycles. The molecule has 0 aliphatic heterocycles. The Bertz CT molecular complexity index is 963. The third kappa shape index (κ3) is 3.88. The molecule has 136 valence electrons. The summed E-state index contributed by atoms with van der Waals surface area (Å²) in [7, 11) is 1.27. The van der Waals surface area contributed by atoms with Gasteiger partial charge in [0.15, 0.2) is 0 Å². The van der Waals surface area contributed by atoms with Crippen LogP contribution in [0, 0.1) is 13.8 Å². The fourth-order valence-corrected chi connectivity index (χ4v) is 4.16. The summed E-state index contributed by atoms with van der Waals surface area (Å²) in [5.74, 6) is -0.419. The molecular formula is C17H16N2O5S2. The molecule has 9 heteroatoms. The van der Waals surface area contributed by atoms with Gasteiger partial charge in [0.05, 0.1) is 12.9 Å². The lowest BCUT2D eigenvalue weighted by Gasteiger charge is -2.04. The zero-order valence-electron chi connectivity index (χ0n) is 14.4. The molecule has 3 heterocycles. The van der Waals surface area contributed by atoms with Gasteiger partial charge in [0.2, 0.25) is 5.76 Å². The number of aromatic nitrogens is 2. The minimum absolute atomic E-state index is 0.0494. The van der Waals surface area contributed by atoms with Crippen LogP contribution in [0.2, 0.25) is 0 Å². The summed E-state index contributed by atoms with van der Waals surface area (Å²) in [5.41, 5.74) is 1.13. The van der Waals surface area contributed by atoms with Crippen molar-refractivity contribution in [1.29, 1.82) is 0 Å². The molecule has 0 aromatic carbocycles. The Balaban J connectivity index is 1.58. The van der Waals surface area contributed by atoms with Gasteiger partial charge in [-0.15, -0.1) is 11.3 Å².